The second kappa shape index (κ2) is 11.5. The van der Waals surface area contributed by atoms with Gasteiger partial charge in [0.05, 0.1) is 19.0 Å². The first kappa shape index (κ1) is 24.4. The molecule has 1 aromatic carbocycles. The number of allylic oxidation sites excluding steroid dienone is 2. The summed E-state index contributed by atoms with van der Waals surface area (Å²) in [5.74, 6) is 1.73. The van der Waals surface area contributed by atoms with Crippen molar-refractivity contribution >= 4 is 16.7 Å². The largest absolute Gasteiger partial charge is 0.494 e. The number of hydrogen-bond acceptors (Lipinski definition) is 5. The van der Waals surface area contributed by atoms with Gasteiger partial charge in [0, 0.05) is 17.5 Å². The highest BCUT2D eigenvalue weighted by Gasteiger charge is 2.22. The Bertz CT molecular complexity index is 1130. The van der Waals surface area contributed by atoms with Gasteiger partial charge in [0.1, 0.15) is 29.2 Å². The zero-order chi connectivity index (χ0) is 23.8. The second-order valence-corrected chi connectivity index (χ2v) is 7.86. The molecule has 0 amide bonds. The molecule has 0 spiro atoms. The Labute approximate surface area is 195 Å². The molecule has 4 rings (SSSR count). The Kier molecular flexibility index (Phi) is 8.52. The summed E-state index contributed by atoms with van der Waals surface area (Å²) in [5, 5.41) is 4.31. The smallest absolute Gasteiger partial charge is 0.145 e. The summed E-state index contributed by atoms with van der Waals surface area (Å²) < 4.78 is 18.9. The fraction of sp³-hybridized carbons (Fsp3) is 0.370. The molecule has 5 nitrogen and oxygen atoms in total. The Hall–Kier alpha value is -3.28. The molecule has 33 heavy (non-hydrogen) atoms. The zero-order valence-corrected chi connectivity index (χ0v) is 20.2. The highest BCUT2D eigenvalue weighted by atomic mass is 19.1. The summed E-state index contributed by atoms with van der Waals surface area (Å²) in [6.45, 7) is 9.03. The molecular weight excluding hydrogens is 415 g/mol. The van der Waals surface area contributed by atoms with E-state index in [-0.39, 0.29) is 5.82 Å². The summed E-state index contributed by atoms with van der Waals surface area (Å²) in [4.78, 5) is 13.1. The van der Waals surface area contributed by atoms with Crippen molar-refractivity contribution in [2.75, 3.05) is 19.0 Å². The third-order valence-electron chi connectivity index (χ3n) is 5.51. The number of nitrogens with one attached hydrogen (secondary N) is 1. The molecule has 0 aliphatic heterocycles. The van der Waals surface area contributed by atoms with Crippen LogP contribution in [-0.4, -0.2) is 28.6 Å². The maximum atomic E-state index is 13.3. The van der Waals surface area contributed by atoms with Gasteiger partial charge in [0.25, 0.3) is 0 Å². The van der Waals surface area contributed by atoms with E-state index in [0.717, 1.165) is 34.6 Å². The normalized spacial score (nSPS) is 14.0. The van der Waals surface area contributed by atoms with E-state index < -0.39 is 0 Å². The van der Waals surface area contributed by atoms with Gasteiger partial charge in [-0.25, -0.2) is 14.4 Å². The van der Waals surface area contributed by atoms with Gasteiger partial charge < -0.3 is 10.1 Å². The van der Waals surface area contributed by atoms with E-state index >= 15 is 0 Å². The molecule has 1 fully saturated rings. The van der Waals surface area contributed by atoms with Crippen LogP contribution in [-0.2, 0) is 0 Å². The Morgan fingerprint density at radius 3 is 2.61 bits per heavy atom. The number of aromatic nitrogens is 3. The lowest BCUT2D eigenvalue weighted by Gasteiger charge is -2.13. The maximum absolute atomic E-state index is 13.3. The van der Waals surface area contributed by atoms with Gasteiger partial charge in [0.15, 0.2) is 0 Å². The number of pyridine rings is 1. The first-order valence-electron chi connectivity index (χ1n) is 11.6. The van der Waals surface area contributed by atoms with Crippen molar-refractivity contribution < 1.29 is 9.13 Å². The zero-order valence-electron chi connectivity index (χ0n) is 20.2. The van der Waals surface area contributed by atoms with Crippen molar-refractivity contribution in [3.63, 3.8) is 0 Å². The molecule has 1 aliphatic rings. The molecule has 0 unspecified atom stereocenters. The van der Waals surface area contributed by atoms with Crippen molar-refractivity contribution in [1.29, 1.82) is 0 Å². The monoisotopic (exact) mass is 448 g/mol. The average molecular weight is 449 g/mol. The number of nitrogens with zero attached hydrogens (tertiary/aromatic N) is 3. The predicted octanol–water partition coefficient (Wildman–Crippen LogP) is 6.97. The van der Waals surface area contributed by atoms with Crippen molar-refractivity contribution in [1.82, 2.24) is 15.0 Å². The van der Waals surface area contributed by atoms with E-state index in [1.807, 2.05) is 26.0 Å². The number of halogens is 1. The lowest BCUT2D eigenvalue weighted by Crippen LogP contribution is -2.07. The van der Waals surface area contributed by atoms with Crippen LogP contribution in [0, 0.1) is 11.7 Å². The van der Waals surface area contributed by atoms with Crippen LogP contribution < -0.4 is 10.1 Å². The minimum atomic E-state index is -0.369. The van der Waals surface area contributed by atoms with Crippen LogP contribution in [0.5, 0.6) is 5.75 Å². The molecule has 174 valence electrons. The van der Waals surface area contributed by atoms with Crippen LogP contribution in [0.1, 0.15) is 47.0 Å². The number of fused-ring (bicyclic) bond motifs is 1. The molecule has 1 N–H and O–H groups in total. The number of hydrogen-bond donors (Lipinski definition) is 1. The van der Waals surface area contributed by atoms with Crippen molar-refractivity contribution in [3.05, 3.63) is 65.9 Å². The molecule has 6 heteroatoms. The van der Waals surface area contributed by atoms with Gasteiger partial charge in [-0.1, -0.05) is 38.5 Å². The highest BCUT2D eigenvalue weighted by Crippen LogP contribution is 2.37. The lowest BCUT2D eigenvalue weighted by molar-refractivity contribution is 0.419. The van der Waals surface area contributed by atoms with Gasteiger partial charge in [-0.15, -0.1) is 0 Å². The summed E-state index contributed by atoms with van der Waals surface area (Å²) in [6.07, 6.45) is 10.9. The fourth-order valence-electron chi connectivity index (χ4n) is 3.71. The maximum Gasteiger partial charge on any atom is 0.145 e. The Morgan fingerprint density at radius 2 is 1.97 bits per heavy atom. The third-order valence-corrected chi connectivity index (χ3v) is 5.51. The van der Waals surface area contributed by atoms with E-state index in [4.69, 9.17) is 4.74 Å². The lowest BCUT2D eigenvalue weighted by atomic mass is 10.1. The molecular formula is C27H33FN4O. The highest BCUT2D eigenvalue weighted by molar-refractivity contribution is 5.96. The molecule has 0 atom stereocenters. The standard InChI is InChI=1S/C25H27FN4O.C2H6/c1-4-5-17(10-16(2)18-6-7-18)13-28-25-21-11-19(22-9-8-20(26)14-27-22)12-23(31-3)24(21)29-15-30-25;1-2/h5,8-12,14-15,18H,4,6-7,13H2,1-3H3,(H,28,29,30);1-2H3/b16-10-,17-5-;. The third kappa shape index (κ3) is 6.15. The molecule has 3 aromatic rings. The quantitative estimate of drug-likeness (QED) is 0.377. The van der Waals surface area contributed by atoms with Crippen molar-refractivity contribution in [2.45, 2.75) is 47.0 Å². The van der Waals surface area contributed by atoms with E-state index in [9.17, 15) is 4.39 Å². The SMILES string of the molecule is CC.CC/C=C(/C=C(/C)C1CC1)CNc1ncnc2c(OC)cc(-c3ccc(F)cn3)cc12. The average Bonchev–Trinajstić information content (AvgIpc) is 3.69. The molecule has 1 aliphatic carbocycles. The summed E-state index contributed by atoms with van der Waals surface area (Å²) >= 11 is 0. The summed E-state index contributed by atoms with van der Waals surface area (Å²) in [5.41, 5.74) is 4.89. The molecule has 0 saturated heterocycles. The van der Waals surface area contributed by atoms with Gasteiger partial charge in [-0.3, -0.25) is 4.98 Å². The van der Waals surface area contributed by atoms with Crippen LogP contribution in [0.25, 0.3) is 22.2 Å². The molecule has 2 heterocycles. The van der Waals surface area contributed by atoms with Crippen molar-refractivity contribution in [3.8, 4) is 17.0 Å². The number of benzene rings is 1. The van der Waals surface area contributed by atoms with Gasteiger partial charge >= 0.3 is 0 Å². The minimum Gasteiger partial charge on any atom is -0.494 e. The second-order valence-electron chi connectivity index (χ2n) is 7.86. The van der Waals surface area contributed by atoms with E-state index in [2.05, 4.69) is 46.3 Å². The molecule has 2 aromatic heterocycles. The number of ether oxygens (including phenoxy) is 1. The summed E-state index contributed by atoms with van der Waals surface area (Å²) in [6, 6.07) is 6.88. The number of rotatable bonds is 8. The van der Waals surface area contributed by atoms with Crippen LogP contribution >= 0.6 is 0 Å². The van der Waals surface area contributed by atoms with Crippen LogP contribution in [0.2, 0.25) is 0 Å². The molecule has 0 bridgehead atoms. The van der Waals surface area contributed by atoms with Crippen LogP contribution in [0.3, 0.4) is 0 Å². The van der Waals surface area contributed by atoms with Crippen LogP contribution in [0.15, 0.2) is 60.1 Å². The Balaban J connectivity index is 0.00000149. The number of methoxy groups -OCH3 is 1. The fourth-order valence-corrected chi connectivity index (χ4v) is 3.71. The van der Waals surface area contributed by atoms with Crippen molar-refractivity contribution in [2.24, 2.45) is 5.92 Å². The van der Waals surface area contributed by atoms with E-state index in [1.165, 1.54) is 42.6 Å². The predicted molar refractivity (Wildman–Crippen MR) is 134 cm³/mol. The minimum absolute atomic E-state index is 0.369. The molecule has 1 saturated carbocycles. The first-order valence-corrected chi connectivity index (χ1v) is 11.6. The molecule has 0 radical (unpaired) electrons. The van der Waals surface area contributed by atoms with E-state index in [1.54, 1.807) is 13.2 Å². The van der Waals surface area contributed by atoms with Gasteiger partial charge in [-0.2, -0.15) is 0 Å². The van der Waals surface area contributed by atoms with E-state index in [0.29, 0.717) is 18.0 Å². The summed E-state index contributed by atoms with van der Waals surface area (Å²) in [7, 11) is 1.61. The van der Waals surface area contributed by atoms with Gasteiger partial charge in [0.2, 0.25) is 0 Å². The topological polar surface area (TPSA) is 59.9 Å². The van der Waals surface area contributed by atoms with Gasteiger partial charge in [-0.05, 0) is 61.9 Å². The first-order chi connectivity index (χ1) is 16.1. The van der Waals surface area contributed by atoms with Crippen LogP contribution in [0.4, 0.5) is 10.2 Å². The number of anilines is 1. The Morgan fingerprint density at radius 1 is 1.18 bits per heavy atom.